The number of benzene rings is 10. The molecule has 0 aliphatic heterocycles. The molecule has 0 atom stereocenters. The zero-order chi connectivity index (χ0) is 37.5. The third-order valence-electron chi connectivity index (χ3n) is 11.6. The van der Waals surface area contributed by atoms with Crippen LogP contribution in [0.1, 0.15) is 0 Å². The van der Waals surface area contributed by atoms with Gasteiger partial charge in [0.05, 0.1) is 11.1 Å². The highest BCUT2D eigenvalue weighted by Gasteiger charge is 2.24. The van der Waals surface area contributed by atoms with Gasteiger partial charge in [-0.3, -0.25) is 0 Å². The molecule has 0 radical (unpaired) electrons. The van der Waals surface area contributed by atoms with Gasteiger partial charge < -0.3 is 13.7 Å². The topological polar surface area (TPSA) is 29.5 Å². The number of hydrogen-bond acceptors (Lipinski definition) is 3. The smallest absolute Gasteiger partial charge is 0.145 e. The van der Waals surface area contributed by atoms with E-state index < -0.39 is 0 Å². The second kappa shape index (κ2) is 12.5. The van der Waals surface area contributed by atoms with Crippen molar-refractivity contribution in [1.82, 2.24) is 0 Å². The number of nitrogens with zero attached hydrogens (tertiary/aromatic N) is 1. The van der Waals surface area contributed by atoms with Crippen LogP contribution in [0.3, 0.4) is 0 Å². The van der Waals surface area contributed by atoms with E-state index in [1.54, 1.807) is 0 Å². The predicted octanol–water partition coefficient (Wildman–Crippen LogP) is 15.7. The van der Waals surface area contributed by atoms with Crippen molar-refractivity contribution in [2.45, 2.75) is 0 Å². The van der Waals surface area contributed by atoms with Gasteiger partial charge in [-0.1, -0.05) is 152 Å². The average molecular weight is 728 g/mol. The Labute approximate surface area is 328 Å². The van der Waals surface area contributed by atoms with E-state index >= 15 is 0 Å². The van der Waals surface area contributed by atoms with Crippen molar-refractivity contribution in [2.75, 3.05) is 4.90 Å². The molecule has 10 aromatic carbocycles. The summed E-state index contributed by atoms with van der Waals surface area (Å²) in [6.07, 6.45) is 0. The average Bonchev–Trinajstić information content (AvgIpc) is 3.86. The molecule has 2 aromatic heterocycles. The van der Waals surface area contributed by atoms with E-state index in [0.29, 0.717) is 0 Å². The Morgan fingerprint density at radius 1 is 0.316 bits per heavy atom. The molecule has 12 aromatic rings. The molecule has 0 aliphatic carbocycles. The van der Waals surface area contributed by atoms with Gasteiger partial charge in [0, 0.05) is 44.7 Å². The Bertz CT molecular complexity index is 3530. The van der Waals surface area contributed by atoms with Crippen LogP contribution in [0.25, 0.3) is 98.4 Å². The van der Waals surface area contributed by atoms with Gasteiger partial charge in [-0.25, -0.2) is 0 Å². The maximum atomic E-state index is 6.90. The number of para-hydroxylation sites is 2. The van der Waals surface area contributed by atoms with Gasteiger partial charge in [0.2, 0.25) is 0 Å². The third-order valence-corrected chi connectivity index (χ3v) is 11.6. The molecule has 0 fully saturated rings. The van der Waals surface area contributed by atoms with Crippen LogP contribution in [0.4, 0.5) is 17.1 Å². The van der Waals surface area contributed by atoms with Crippen molar-refractivity contribution in [3.05, 3.63) is 200 Å². The summed E-state index contributed by atoms with van der Waals surface area (Å²) in [6.45, 7) is 0. The molecular formula is C54H33NO2. The molecule has 0 spiro atoms. The lowest BCUT2D eigenvalue weighted by atomic mass is 9.95. The van der Waals surface area contributed by atoms with E-state index in [0.717, 1.165) is 83.2 Å². The van der Waals surface area contributed by atoms with E-state index in [4.69, 9.17) is 8.83 Å². The summed E-state index contributed by atoms with van der Waals surface area (Å²) in [5.41, 5.74) is 10.9. The van der Waals surface area contributed by atoms with Gasteiger partial charge in [0.1, 0.15) is 22.3 Å². The van der Waals surface area contributed by atoms with Gasteiger partial charge in [0.25, 0.3) is 0 Å². The van der Waals surface area contributed by atoms with Crippen LogP contribution < -0.4 is 4.90 Å². The Hall–Kier alpha value is -7.62. The first-order valence-corrected chi connectivity index (χ1v) is 19.4. The Morgan fingerprint density at radius 3 is 1.81 bits per heavy atom. The maximum absolute atomic E-state index is 6.90. The fourth-order valence-electron chi connectivity index (χ4n) is 9.00. The number of rotatable bonds is 5. The quantitative estimate of drug-likeness (QED) is 0.165. The minimum absolute atomic E-state index is 0.836. The van der Waals surface area contributed by atoms with Gasteiger partial charge in [0.15, 0.2) is 0 Å². The summed E-state index contributed by atoms with van der Waals surface area (Å²) in [5.74, 6) is 0. The third kappa shape index (κ3) is 4.92. The molecule has 2 heterocycles. The molecule has 12 rings (SSSR count). The predicted molar refractivity (Wildman–Crippen MR) is 239 cm³/mol. The van der Waals surface area contributed by atoms with Crippen molar-refractivity contribution < 1.29 is 8.83 Å². The fourth-order valence-corrected chi connectivity index (χ4v) is 9.00. The van der Waals surface area contributed by atoms with Gasteiger partial charge in [-0.15, -0.1) is 0 Å². The molecule has 0 amide bonds. The number of fused-ring (bicyclic) bond motifs is 10. The molecule has 0 bridgehead atoms. The molecule has 3 nitrogen and oxygen atoms in total. The van der Waals surface area contributed by atoms with Crippen molar-refractivity contribution in [3.63, 3.8) is 0 Å². The first-order valence-electron chi connectivity index (χ1n) is 19.4. The first kappa shape index (κ1) is 31.7. The van der Waals surface area contributed by atoms with E-state index in [-0.39, 0.29) is 0 Å². The number of furan rings is 2. The molecule has 0 N–H and O–H groups in total. The maximum Gasteiger partial charge on any atom is 0.145 e. The lowest BCUT2D eigenvalue weighted by molar-refractivity contribution is 0.670. The van der Waals surface area contributed by atoms with Crippen LogP contribution in [0, 0.1) is 0 Å². The standard InChI is InChI=1S/C54H33NO2/c1-2-12-35(13-3-1)42-20-11-22-45-44-29-28-39(33-51(44)57-53(42)45)55(38-27-26-37-25-24-36-15-5-7-18-41(36)48(37)32-38)49-31-30-46(43-21-10-16-34-14-4-6-17-40(34)43)54-52(49)47-19-8-9-23-50(47)56-54/h1-33H. The summed E-state index contributed by atoms with van der Waals surface area (Å²) in [4.78, 5) is 2.38. The van der Waals surface area contributed by atoms with Crippen LogP contribution in [-0.4, -0.2) is 0 Å². The zero-order valence-electron chi connectivity index (χ0n) is 30.8. The summed E-state index contributed by atoms with van der Waals surface area (Å²) < 4.78 is 13.7. The minimum atomic E-state index is 0.836. The highest BCUT2D eigenvalue weighted by molar-refractivity contribution is 6.19. The molecule has 0 aliphatic rings. The number of hydrogen-bond donors (Lipinski definition) is 0. The monoisotopic (exact) mass is 727 g/mol. The van der Waals surface area contributed by atoms with E-state index in [1.807, 2.05) is 12.1 Å². The Morgan fingerprint density at radius 2 is 0.930 bits per heavy atom. The summed E-state index contributed by atoms with van der Waals surface area (Å²) >= 11 is 0. The second-order valence-corrected chi connectivity index (χ2v) is 14.8. The summed E-state index contributed by atoms with van der Waals surface area (Å²) in [7, 11) is 0. The highest BCUT2D eigenvalue weighted by atomic mass is 16.3. The summed E-state index contributed by atoms with van der Waals surface area (Å²) in [5, 5.41) is 11.5. The zero-order valence-corrected chi connectivity index (χ0v) is 30.8. The summed E-state index contributed by atoms with van der Waals surface area (Å²) in [6, 6.07) is 71.4. The Kier molecular flexibility index (Phi) is 6.93. The normalized spacial score (nSPS) is 11.9. The first-order chi connectivity index (χ1) is 28.3. The van der Waals surface area contributed by atoms with Crippen molar-refractivity contribution in [2.24, 2.45) is 0 Å². The molecule has 57 heavy (non-hydrogen) atoms. The fraction of sp³-hybridized carbons (Fsp3) is 0. The molecule has 0 unspecified atom stereocenters. The largest absolute Gasteiger partial charge is 0.455 e. The molecule has 0 saturated heterocycles. The minimum Gasteiger partial charge on any atom is -0.455 e. The molecule has 266 valence electrons. The highest BCUT2D eigenvalue weighted by Crippen LogP contribution is 2.48. The van der Waals surface area contributed by atoms with Crippen molar-refractivity contribution >= 4 is 93.3 Å². The van der Waals surface area contributed by atoms with E-state index in [1.165, 1.54) is 32.3 Å². The molecular weight excluding hydrogens is 695 g/mol. The molecule has 0 saturated carbocycles. The Balaban J connectivity index is 1.15. The van der Waals surface area contributed by atoms with Crippen LogP contribution in [0.5, 0.6) is 0 Å². The number of anilines is 3. The second-order valence-electron chi connectivity index (χ2n) is 14.8. The van der Waals surface area contributed by atoms with E-state index in [2.05, 4.69) is 193 Å². The van der Waals surface area contributed by atoms with Crippen LogP contribution >= 0.6 is 0 Å². The van der Waals surface area contributed by atoms with Crippen LogP contribution in [0.2, 0.25) is 0 Å². The molecule has 3 heteroatoms. The van der Waals surface area contributed by atoms with Gasteiger partial charge in [-0.05, 0) is 85.9 Å². The lowest BCUT2D eigenvalue weighted by Crippen LogP contribution is -2.10. The van der Waals surface area contributed by atoms with E-state index in [9.17, 15) is 0 Å². The van der Waals surface area contributed by atoms with Crippen LogP contribution in [-0.2, 0) is 0 Å². The van der Waals surface area contributed by atoms with Crippen molar-refractivity contribution in [3.8, 4) is 22.3 Å². The van der Waals surface area contributed by atoms with Gasteiger partial charge in [-0.2, -0.15) is 0 Å². The lowest BCUT2D eigenvalue weighted by Gasteiger charge is -2.27. The van der Waals surface area contributed by atoms with Crippen LogP contribution in [0.15, 0.2) is 209 Å². The van der Waals surface area contributed by atoms with Gasteiger partial charge >= 0.3 is 0 Å². The SMILES string of the molecule is c1ccc(-c2cccc3c2oc2cc(N(c4ccc5ccc6ccccc6c5c4)c4ccc(-c5cccc6ccccc56)c5oc6ccccc6c45)ccc23)cc1. The van der Waals surface area contributed by atoms with Crippen molar-refractivity contribution in [1.29, 1.82) is 0 Å².